The molecule has 0 fully saturated rings. The van der Waals surface area contributed by atoms with Crippen LogP contribution in [0.25, 0.3) is 0 Å². The lowest BCUT2D eigenvalue weighted by molar-refractivity contribution is -0.870. The lowest BCUT2D eigenvalue weighted by Gasteiger charge is -2.27. The van der Waals surface area contributed by atoms with E-state index in [1.165, 1.54) is 173 Å². The topological polar surface area (TPSA) is 111 Å². The summed E-state index contributed by atoms with van der Waals surface area (Å²) >= 11 is 0. The van der Waals surface area contributed by atoms with Gasteiger partial charge in [0.15, 0.2) is 0 Å². The Labute approximate surface area is 506 Å². The van der Waals surface area contributed by atoms with Crippen LogP contribution in [0.4, 0.5) is 0 Å². The second-order valence-corrected chi connectivity index (χ2v) is 25.2. The van der Waals surface area contributed by atoms with E-state index in [-0.39, 0.29) is 31.5 Å². The first-order chi connectivity index (χ1) is 39.9. The van der Waals surface area contributed by atoms with Crippen molar-refractivity contribution in [2.45, 2.75) is 296 Å². The molecule has 0 saturated carbocycles. The van der Waals surface area contributed by atoms with E-state index in [2.05, 4.69) is 62.5 Å². The van der Waals surface area contributed by atoms with Gasteiger partial charge < -0.3 is 19.4 Å². The van der Waals surface area contributed by atoms with Crippen molar-refractivity contribution in [3.8, 4) is 0 Å². The minimum absolute atomic E-state index is 0.0283. The number of carbonyl (C=O) groups excluding carboxylic acids is 2. The SMILES string of the molecule is CC\C=C/C=C/C=C/C=C\C=C\C=C\CCCCCC(=O)OC(/C=C\CCCCCCCCCCCC)C(COP(=O)(O)OCC[N+](C)(C)C)NC(=O)CCCCCCCCCCCCCCCCCCC/C=C\C/C=C\CCCCC. The highest BCUT2D eigenvalue weighted by Crippen LogP contribution is 2.43. The molecule has 0 spiro atoms. The van der Waals surface area contributed by atoms with Crippen LogP contribution in [-0.4, -0.2) is 74.3 Å². The number of phosphoric acid groups is 1. The number of likely N-dealkylation sites (N-methyl/N-ethyl adjacent to an activating group) is 1. The van der Waals surface area contributed by atoms with Gasteiger partial charge in [0.25, 0.3) is 0 Å². The van der Waals surface area contributed by atoms with Crippen LogP contribution in [0.15, 0.2) is 109 Å². The molecule has 0 aliphatic carbocycles. The smallest absolute Gasteiger partial charge is 0.456 e. The number of hydrogen-bond acceptors (Lipinski definition) is 6. The molecule has 0 aromatic carbocycles. The summed E-state index contributed by atoms with van der Waals surface area (Å²) in [6.07, 6.45) is 83.9. The molecule has 0 rings (SSSR count). The predicted octanol–water partition coefficient (Wildman–Crippen LogP) is 21.3. The predicted molar refractivity (Wildman–Crippen MR) is 355 cm³/mol. The number of nitrogens with one attached hydrogen (secondary N) is 1. The fourth-order valence-electron chi connectivity index (χ4n) is 9.41. The van der Waals surface area contributed by atoms with E-state index in [0.29, 0.717) is 23.9 Å². The molecule has 10 heteroatoms. The lowest BCUT2D eigenvalue weighted by Crippen LogP contribution is -2.47. The van der Waals surface area contributed by atoms with Crippen molar-refractivity contribution < 1.29 is 37.3 Å². The molecule has 9 nitrogen and oxygen atoms in total. The first kappa shape index (κ1) is 78.7. The fourth-order valence-corrected chi connectivity index (χ4v) is 10.2. The van der Waals surface area contributed by atoms with Gasteiger partial charge in [-0.05, 0) is 83.1 Å². The van der Waals surface area contributed by atoms with Gasteiger partial charge in [0.2, 0.25) is 5.91 Å². The third-order valence-corrected chi connectivity index (χ3v) is 15.6. The van der Waals surface area contributed by atoms with Crippen molar-refractivity contribution >= 4 is 19.7 Å². The van der Waals surface area contributed by atoms with Crippen LogP contribution in [0, 0.1) is 0 Å². The Morgan fingerprint density at radius 3 is 1.30 bits per heavy atom. The summed E-state index contributed by atoms with van der Waals surface area (Å²) in [6, 6.07) is -0.873. The Hall–Kier alpha value is -3.33. The number of quaternary nitrogens is 1. The molecule has 3 unspecified atom stereocenters. The molecule has 3 atom stereocenters. The van der Waals surface area contributed by atoms with Crippen LogP contribution in [0.3, 0.4) is 0 Å². The van der Waals surface area contributed by atoms with Gasteiger partial charge in [-0.1, -0.05) is 297 Å². The molecule has 1 amide bonds. The molecule has 0 aromatic heterocycles. The van der Waals surface area contributed by atoms with E-state index in [0.717, 1.165) is 70.6 Å². The van der Waals surface area contributed by atoms with Crippen LogP contribution in [-0.2, 0) is 27.9 Å². The molecular formula is C72H128N2O7P+. The first-order valence-corrected chi connectivity index (χ1v) is 35.3. The standard InChI is InChI=1S/C72H127N2O7P/c1-7-10-13-16-19-22-25-28-30-32-33-34-35-36-37-38-39-40-41-43-44-46-49-52-55-58-61-64-71(75)73-69(68-80-82(77,78)79-67-66-74(4,5)6)70(63-60-57-54-51-48-27-24-21-18-15-12-9-3)81-72(76)65-62-59-56-53-50-47-45-42-31-29-26-23-20-17-14-11-8-2/h11,14,17,19-20,22-23,26,28-31,42,45,47,50,60,63,69-70H,7-10,12-13,15-16,18,21,24-25,27,32-41,43-44,46,48-49,51-59,61-62,64-68H2,1-6H3,(H-,73,75,77,78)/p+1/b14-11-,20-17+,22-19-,26-23+,30-28-,31-29-,45-42+,50-47+,63-60-. The van der Waals surface area contributed by atoms with Crippen molar-refractivity contribution in [1.82, 2.24) is 5.32 Å². The summed E-state index contributed by atoms with van der Waals surface area (Å²) in [7, 11) is 1.46. The summed E-state index contributed by atoms with van der Waals surface area (Å²) in [5.74, 6) is -0.555. The zero-order chi connectivity index (χ0) is 60.0. The van der Waals surface area contributed by atoms with Crippen molar-refractivity contribution in [3.63, 3.8) is 0 Å². The van der Waals surface area contributed by atoms with Gasteiger partial charge in [0.05, 0.1) is 33.8 Å². The second-order valence-electron chi connectivity index (χ2n) is 23.8. The quantitative estimate of drug-likeness (QED) is 0.0156. The zero-order valence-corrected chi connectivity index (χ0v) is 54.8. The van der Waals surface area contributed by atoms with E-state index in [1.54, 1.807) is 0 Å². The van der Waals surface area contributed by atoms with Crippen molar-refractivity contribution in [2.24, 2.45) is 0 Å². The maximum Gasteiger partial charge on any atom is 0.472 e. The molecule has 0 aliphatic rings. The molecule has 82 heavy (non-hydrogen) atoms. The number of ether oxygens (including phenoxy) is 1. The van der Waals surface area contributed by atoms with E-state index in [4.69, 9.17) is 13.8 Å². The van der Waals surface area contributed by atoms with Gasteiger partial charge in [-0.15, -0.1) is 0 Å². The van der Waals surface area contributed by atoms with Crippen LogP contribution in [0.1, 0.15) is 284 Å². The molecule has 0 radical (unpaired) electrons. The minimum atomic E-state index is -4.47. The van der Waals surface area contributed by atoms with Gasteiger partial charge in [-0.25, -0.2) is 4.57 Å². The largest absolute Gasteiger partial charge is 0.472 e. The maximum absolute atomic E-state index is 13.6. The Balaban J connectivity index is 5.11. The highest BCUT2D eigenvalue weighted by molar-refractivity contribution is 7.47. The minimum Gasteiger partial charge on any atom is -0.456 e. The van der Waals surface area contributed by atoms with E-state index >= 15 is 0 Å². The number of carbonyl (C=O) groups is 2. The number of nitrogens with zero attached hydrogens (tertiary/aromatic N) is 1. The zero-order valence-electron chi connectivity index (χ0n) is 54.0. The van der Waals surface area contributed by atoms with E-state index < -0.39 is 20.0 Å². The summed E-state index contributed by atoms with van der Waals surface area (Å²) in [4.78, 5) is 37.8. The molecule has 0 aliphatic heterocycles. The average Bonchev–Trinajstić information content (AvgIpc) is 3.44. The highest BCUT2D eigenvalue weighted by Gasteiger charge is 2.30. The number of rotatable bonds is 60. The number of phosphoric ester groups is 1. The molecule has 2 N–H and O–H groups in total. The van der Waals surface area contributed by atoms with Crippen LogP contribution >= 0.6 is 7.82 Å². The van der Waals surface area contributed by atoms with Crippen LogP contribution in [0.5, 0.6) is 0 Å². The Morgan fingerprint density at radius 2 is 0.829 bits per heavy atom. The first-order valence-electron chi connectivity index (χ1n) is 33.8. The maximum atomic E-state index is 13.6. The van der Waals surface area contributed by atoms with Crippen LogP contribution in [0.2, 0.25) is 0 Å². The Morgan fingerprint density at radius 1 is 0.451 bits per heavy atom. The van der Waals surface area contributed by atoms with Gasteiger partial charge in [-0.3, -0.25) is 18.6 Å². The third-order valence-electron chi connectivity index (χ3n) is 14.6. The van der Waals surface area contributed by atoms with Crippen molar-refractivity contribution in [3.05, 3.63) is 109 Å². The van der Waals surface area contributed by atoms with E-state index in [1.807, 2.05) is 94.1 Å². The fraction of sp³-hybridized carbons (Fsp3) is 0.722. The second kappa shape index (κ2) is 60.8. The van der Waals surface area contributed by atoms with E-state index in [9.17, 15) is 19.0 Å². The number of unbranched alkanes of at least 4 members (excludes halogenated alkanes) is 33. The number of hydrogen-bond donors (Lipinski definition) is 2. The van der Waals surface area contributed by atoms with Gasteiger partial charge in [0.1, 0.15) is 19.3 Å². The number of esters is 1. The molecule has 0 bridgehead atoms. The lowest BCUT2D eigenvalue weighted by atomic mass is 10.0. The summed E-state index contributed by atoms with van der Waals surface area (Å²) in [6.45, 7) is 6.82. The number of allylic oxidation sites excluding steroid dienone is 17. The highest BCUT2D eigenvalue weighted by atomic mass is 31.2. The third kappa shape index (κ3) is 61.2. The average molecular weight is 1160 g/mol. The van der Waals surface area contributed by atoms with Crippen molar-refractivity contribution in [1.29, 1.82) is 0 Å². The van der Waals surface area contributed by atoms with Crippen molar-refractivity contribution in [2.75, 3.05) is 40.9 Å². The monoisotopic (exact) mass is 1160 g/mol. The van der Waals surface area contributed by atoms with Crippen LogP contribution < -0.4 is 5.32 Å². The molecule has 0 heterocycles. The Kier molecular flexibility index (Phi) is 58.3. The molecule has 472 valence electrons. The van der Waals surface area contributed by atoms with Gasteiger partial charge in [0, 0.05) is 12.8 Å². The summed E-state index contributed by atoms with van der Waals surface area (Å²) in [5.41, 5.74) is 0. The van der Waals surface area contributed by atoms with Gasteiger partial charge in [-0.2, -0.15) is 0 Å². The molecule has 0 saturated heterocycles. The van der Waals surface area contributed by atoms with Gasteiger partial charge >= 0.3 is 13.8 Å². The number of amides is 1. The summed E-state index contributed by atoms with van der Waals surface area (Å²) < 4.78 is 30.7. The Bertz CT molecular complexity index is 1770. The summed E-state index contributed by atoms with van der Waals surface area (Å²) in [5, 5.41) is 3.05. The molecule has 0 aromatic rings. The normalized spacial score (nSPS) is 14.3. The molecular weight excluding hydrogens is 1040 g/mol.